The fraction of sp³-hybridized carbons (Fsp3) is 0.294. The lowest BCUT2D eigenvalue weighted by atomic mass is 10.2. The summed E-state index contributed by atoms with van der Waals surface area (Å²) in [6.07, 6.45) is 1.46. The van der Waals surface area contributed by atoms with Crippen molar-refractivity contribution in [2.24, 2.45) is 0 Å². The van der Waals surface area contributed by atoms with E-state index in [-0.39, 0.29) is 0 Å². The fourth-order valence-electron chi connectivity index (χ4n) is 2.68. The lowest BCUT2D eigenvalue weighted by Gasteiger charge is -2.35. The van der Waals surface area contributed by atoms with Crippen LogP contribution >= 0.6 is 11.8 Å². The number of nitrogens with one attached hydrogen (secondary N) is 1. The molecule has 3 rings (SSSR count). The van der Waals surface area contributed by atoms with Crippen molar-refractivity contribution in [2.45, 2.75) is 22.3 Å². The van der Waals surface area contributed by atoms with E-state index >= 15 is 0 Å². The summed E-state index contributed by atoms with van der Waals surface area (Å²) in [7, 11) is -1.56. The average molecular weight is 348 g/mol. The Morgan fingerprint density at radius 3 is 2.52 bits per heavy atom. The first-order chi connectivity index (χ1) is 11.1. The van der Waals surface area contributed by atoms with Crippen molar-refractivity contribution in [1.29, 1.82) is 0 Å². The van der Waals surface area contributed by atoms with Crippen LogP contribution in [-0.2, 0) is 10.0 Å². The zero-order valence-corrected chi connectivity index (χ0v) is 14.6. The smallest absolute Gasteiger partial charge is 0.252 e. The number of fused-ring (bicyclic) bond motifs is 1. The molecular formula is C17H20N2O2S2. The third kappa shape index (κ3) is 3.24. The molecule has 1 unspecified atom stereocenters. The lowest BCUT2D eigenvalue weighted by Crippen LogP contribution is -2.37. The molecule has 0 fully saturated rings. The predicted molar refractivity (Wildman–Crippen MR) is 96.7 cm³/mol. The Balaban J connectivity index is 2.04. The molecule has 1 aliphatic heterocycles. The Bertz CT molecular complexity index is 763. The maximum Gasteiger partial charge on any atom is 0.252 e. The second kappa shape index (κ2) is 6.95. The molecule has 0 saturated carbocycles. The Morgan fingerprint density at radius 2 is 1.78 bits per heavy atom. The second-order valence-electron chi connectivity index (χ2n) is 5.41. The molecule has 1 atom stereocenters. The van der Waals surface area contributed by atoms with Crippen LogP contribution in [-0.4, -0.2) is 26.6 Å². The standard InChI is InChI=1S/C17H20N2O2S2/c1-18-13-7-12-17-22-16-11-6-5-10-15(16)19(23(17,20)21)14-8-3-2-4-9-14/h2-6,8-11,17-18H,7,12-13H2,1H3. The van der Waals surface area contributed by atoms with E-state index in [0.29, 0.717) is 12.1 Å². The second-order valence-corrected chi connectivity index (χ2v) is 8.91. The van der Waals surface area contributed by atoms with Crippen LogP contribution in [0.5, 0.6) is 0 Å². The molecule has 2 aromatic carbocycles. The van der Waals surface area contributed by atoms with Crippen LogP contribution in [0.4, 0.5) is 11.4 Å². The molecular weight excluding hydrogens is 328 g/mol. The van der Waals surface area contributed by atoms with Gasteiger partial charge in [-0.05, 0) is 50.7 Å². The predicted octanol–water partition coefficient (Wildman–Crippen LogP) is 3.59. The molecule has 0 aliphatic carbocycles. The number of hydrogen-bond acceptors (Lipinski definition) is 4. The number of nitrogens with zero attached hydrogens (tertiary/aromatic N) is 1. The van der Waals surface area contributed by atoms with Crippen LogP contribution in [0.1, 0.15) is 12.8 Å². The number of thioether (sulfide) groups is 1. The number of para-hydroxylation sites is 2. The van der Waals surface area contributed by atoms with E-state index in [2.05, 4.69) is 5.32 Å². The Kier molecular flexibility index (Phi) is 4.94. The lowest BCUT2D eigenvalue weighted by molar-refractivity contribution is 0.584. The molecule has 122 valence electrons. The first kappa shape index (κ1) is 16.4. The quantitative estimate of drug-likeness (QED) is 0.839. The van der Waals surface area contributed by atoms with Crippen molar-refractivity contribution in [3.05, 3.63) is 54.6 Å². The molecule has 0 aromatic heterocycles. The Hall–Kier alpha value is -1.50. The van der Waals surface area contributed by atoms with Gasteiger partial charge in [0.1, 0.15) is 4.58 Å². The number of anilines is 2. The summed E-state index contributed by atoms with van der Waals surface area (Å²) >= 11 is 1.46. The number of hydrogen-bond donors (Lipinski definition) is 1. The highest BCUT2D eigenvalue weighted by Gasteiger charge is 2.39. The fourth-order valence-corrected chi connectivity index (χ4v) is 6.35. The maximum atomic E-state index is 13.2. The van der Waals surface area contributed by atoms with E-state index < -0.39 is 14.6 Å². The van der Waals surface area contributed by atoms with Crippen LogP contribution in [0.15, 0.2) is 59.5 Å². The largest absolute Gasteiger partial charge is 0.320 e. The third-order valence-corrected chi connectivity index (χ3v) is 7.72. The molecule has 6 heteroatoms. The van der Waals surface area contributed by atoms with Crippen molar-refractivity contribution < 1.29 is 8.42 Å². The van der Waals surface area contributed by atoms with Crippen LogP contribution in [0, 0.1) is 0 Å². The number of rotatable bonds is 5. The van der Waals surface area contributed by atoms with Crippen molar-refractivity contribution in [2.75, 3.05) is 17.9 Å². The zero-order chi connectivity index (χ0) is 16.3. The third-order valence-electron chi connectivity index (χ3n) is 3.79. The first-order valence-corrected chi connectivity index (χ1v) is 10.0. The summed E-state index contributed by atoms with van der Waals surface area (Å²) in [6, 6.07) is 17.0. The van der Waals surface area contributed by atoms with Gasteiger partial charge in [-0.15, -0.1) is 11.8 Å². The van der Waals surface area contributed by atoms with Gasteiger partial charge in [-0.1, -0.05) is 30.3 Å². The molecule has 1 N–H and O–H groups in total. The molecule has 0 amide bonds. The Labute approximate surface area is 142 Å². The molecule has 1 aliphatic rings. The normalized spacial score (nSPS) is 19.3. The maximum absolute atomic E-state index is 13.2. The van der Waals surface area contributed by atoms with Gasteiger partial charge in [0.05, 0.1) is 11.4 Å². The summed E-state index contributed by atoms with van der Waals surface area (Å²) in [4.78, 5) is 1.01. The highest BCUT2D eigenvalue weighted by Crippen LogP contribution is 2.47. The monoisotopic (exact) mass is 348 g/mol. The zero-order valence-electron chi connectivity index (χ0n) is 13.0. The molecule has 0 spiro atoms. The number of sulfonamides is 1. The van der Waals surface area contributed by atoms with Gasteiger partial charge in [-0.25, -0.2) is 12.7 Å². The van der Waals surface area contributed by atoms with Gasteiger partial charge in [0, 0.05) is 4.90 Å². The molecule has 1 heterocycles. The van der Waals surface area contributed by atoms with Gasteiger partial charge in [0.25, 0.3) is 10.0 Å². The summed E-state index contributed by atoms with van der Waals surface area (Å²) in [5, 5.41) is 3.08. The minimum Gasteiger partial charge on any atom is -0.320 e. The minimum atomic E-state index is -3.44. The van der Waals surface area contributed by atoms with Crippen molar-refractivity contribution >= 4 is 33.2 Å². The van der Waals surface area contributed by atoms with Gasteiger partial charge >= 0.3 is 0 Å². The van der Waals surface area contributed by atoms with Crippen LogP contribution < -0.4 is 9.62 Å². The van der Waals surface area contributed by atoms with Gasteiger partial charge in [0.15, 0.2) is 0 Å². The highest BCUT2D eigenvalue weighted by molar-refractivity contribution is 8.14. The van der Waals surface area contributed by atoms with Crippen molar-refractivity contribution in [1.82, 2.24) is 5.32 Å². The van der Waals surface area contributed by atoms with E-state index in [1.807, 2.05) is 61.6 Å². The van der Waals surface area contributed by atoms with Crippen molar-refractivity contribution in [3.63, 3.8) is 0 Å². The molecule has 23 heavy (non-hydrogen) atoms. The van der Waals surface area contributed by atoms with Crippen LogP contribution in [0.3, 0.4) is 0 Å². The molecule has 0 saturated heterocycles. The average Bonchev–Trinajstić information content (AvgIpc) is 2.56. The molecule has 2 aromatic rings. The molecule has 4 nitrogen and oxygen atoms in total. The van der Waals surface area contributed by atoms with Crippen LogP contribution in [0.2, 0.25) is 0 Å². The van der Waals surface area contributed by atoms with Crippen LogP contribution in [0.25, 0.3) is 0 Å². The van der Waals surface area contributed by atoms with Gasteiger partial charge in [-0.3, -0.25) is 0 Å². The number of benzene rings is 2. The van der Waals surface area contributed by atoms with Gasteiger partial charge in [-0.2, -0.15) is 0 Å². The summed E-state index contributed by atoms with van der Waals surface area (Å²) in [6.45, 7) is 0.819. The molecule has 0 bridgehead atoms. The summed E-state index contributed by atoms with van der Waals surface area (Å²) in [5.74, 6) is 0. The van der Waals surface area contributed by atoms with E-state index in [0.717, 1.165) is 23.5 Å². The first-order valence-electron chi connectivity index (χ1n) is 7.64. The highest BCUT2D eigenvalue weighted by atomic mass is 32.3. The van der Waals surface area contributed by atoms with Gasteiger partial charge in [0.2, 0.25) is 0 Å². The van der Waals surface area contributed by atoms with E-state index in [1.54, 1.807) is 0 Å². The van der Waals surface area contributed by atoms with E-state index in [1.165, 1.54) is 16.1 Å². The van der Waals surface area contributed by atoms with E-state index in [4.69, 9.17) is 0 Å². The van der Waals surface area contributed by atoms with Crippen molar-refractivity contribution in [3.8, 4) is 0 Å². The minimum absolute atomic E-state index is 0.453. The SMILES string of the molecule is CNCCCC1Sc2ccccc2N(c2ccccc2)S1(=O)=O. The topological polar surface area (TPSA) is 49.4 Å². The molecule has 0 radical (unpaired) electrons. The summed E-state index contributed by atoms with van der Waals surface area (Å²) in [5.41, 5.74) is 1.44. The Morgan fingerprint density at radius 1 is 1.09 bits per heavy atom. The van der Waals surface area contributed by atoms with E-state index in [9.17, 15) is 8.42 Å². The summed E-state index contributed by atoms with van der Waals surface area (Å²) < 4.78 is 27.4. The van der Waals surface area contributed by atoms with Gasteiger partial charge < -0.3 is 5.32 Å².